The van der Waals surface area contributed by atoms with E-state index in [1.807, 2.05) is 0 Å². The van der Waals surface area contributed by atoms with Gasteiger partial charge in [0.15, 0.2) is 6.61 Å². The van der Waals surface area contributed by atoms with Crippen molar-refractivity contribution in [3.05, 3.63) is 34.1 Å². The second-order valence-electron chi connectivity index (χ2n) is 3.48. The fourth-order valence-corrected chi connectivity index (χ4v) is 1.72. The number of ether oxygens (including phenoxy) is 1. The van der Waals surface area contributed by atoms with Gasteiger partial charge in [0.25, 0.3) is 0 Å². The summed E-state index contributed by atoms with van der Waals surface area (Å²) in [4.78, 5) is 13.1. The molecule has 0 spiro atoms. The zero-order chi connectivity index (χ0) is 13.1. The second kappa shape index (κ2) is 5.13. The van der Waals surface area contributed by atoms with Gasteiger partial charge in [0, 0.05) is 5.69 Å². The van der Waals surface area contributed by atoms with Crippen LogP contribution in [-0.2, 0) is 18.4 Å². The Labute approximate surface area is 111 Å². The Balaban J connectivity index is 2.06. The number of anilines is 1. The van der Waals surface area contributed by atoms with E-state index in [9.17, 15) is 4.79 Å². The lowest BCUT2D eigenvalue weighted by atomic mass is 10.2. The Kier molecular flexibility index (Phi) is 3.56. The predicted molar refractivity (Wildman–Crippen MR) is 66.5 cm³/mol. The van der Waals surface area contributed by atoms with Crippen molar-refractivity contribution in [3.63, 3.8) is 0 Å². The lowest BCUT2D eigenvalue weighted by Gasteiger charge is -2.05. The van der Waals surface area contributed by atoms with Crippen molar-refractivity contribution < 1.29 is 9.53 Å². The van der Waals surface area contributed by atoms with Gasteiger partial charge in [0.1, 0.15) is 0 Å². The third-order valence-corrected chi connectivity index (χ3v) is 3.02. The molecule has 18 heavy (non-hydrogen) atoms. The number of esters is 1. The number of nitrogen functional groups attached to an aromatic ring is 1. The number of carbonyl (C=O) groups is 1. The SMILES string of the molecule is Cn1nnc(COC(=O)c2cccc(N)c2Br)n1. The van der Waals surface area contributed by atoms with Crippen molar-refractivity contribution in [2.45, 2.75) is 6.61 Å². The summed E-state index contributed by atoms with van der Waals surface area (Å²) in [5.41, 5.74) is 6.51. The first-order valence-corrected chi connectivity index (χ1v) is 5.81. The van der Waals surface area contributed by atoms with Gasteiger partial charge in [-0.15, -0.1) is 10.2 Å². The van der Waals surface area contributed by atoms with Gasteiger partial charge >= 0.3 is 5.97 Å². The summed E-state index contributed by atoms with van der Waals surface area (Å²) in [7, 11) is 1.63. The fraction of sp³-hybridized carbons (Fsp3) is 0.200. The summed E-state index contributed by atoms with van der Waals surface area (Å²) in [6.45, 7) is -0.0338. The van der Waals surface area contributed by atoms with E-state index >= 15 is 0 Å². The largest absolute Gasteiger partial charge is 0.454 e. The molecule has 0 bridgehead atoms. The van der Waals surface area contributed by atoms with Crippen LogP contribution in [0.2, 0.25) is 0 Å². The number of rotatable bonds is 3. The van der Waals surface area contributed by atoms with E-state index in [1.54, 1.807) is 25.2 Å². The van der Waals surface area contributed by atoms with Crippen LogP contribution in [0.4, 0.5) is 5.69 Å². The number of tetrazole rings is 1. The first kappa shape index (κ1) is 12.5. The standard InChI is InChI=1S/C10H10BrN5O2/c1-16-14-8(13-15-16)5-18-10(17)6-3-2-4-7(12)9(6)11/h2-4H,5,12H2,1H3. The van der Waals surface area contributed by atoms with Crippen molar-refractivity contribution in [2.24, 2.45) is 7.05 Å². The molecule has 1 aromatic carbocycles. The van der Waals surface area contributed by atoms with Gasteiger partial charge in [-0.2, -0.15) is 4.80 Å². The zero-order valence-corrected chi connectivity index (χ0v) is 11.1. The number of hydrogen-bond acceptors (Lipinski definition) is 6. The normalized spacial score (nSPS) is 10.3. The number of hydrogen-bond donors (Lipinski definition) is 1. The highest BCUT2D eigenvalue weighted by atomic mass is 79.9. The minimum Gasteiger partial charge on any atom is -0.454 e. The average molecular weight is 312 g/mol. The van der Waals surface area contributed by atoms with Gasteiger partial charge in [-0.1, -0.05) is 6.07 Å². The van der Waals surface area contributed by atoms with Crippen LogP contribution >= 0.6 is 15.9 Å². The molecule has 0 amide bonds. The lowest BCUT2D eigenvalue weighted by Crippen LogP contribution is -2.08. The van der Waals surface area contributed by atoms with Gasteiger partial charge in [-0.25, -0.2) is 4.79 Å². The quantitative estimate of drug-likeness (QED) is 0.668. The molecule has 0 aliphatic rings. The van der Waals surface area contributed by atoms with Crippen LogP contribution in [-0.4, -0.2) is 26.2 Å². The molecule has 0 radical (unpaired) electrons. The average Bonchev–Trinajstić information content (AvgIpc) is 2.76. The summed E-state index contributed by atoms with van der Waals surface area (Å²) in [5, 5.41) is 11.2. The number of aromatic nitrogens is 4. The molecule has 0 atom stereocenters. The number of nitrogens with two attached hydrogens (primary N) is 1. The van der Waals surface area contributed by atoms with E-state index in [0.29, 0.717) is 21.5 Å². The summed E-state index contributed by atoms with van der Waals surface area (Å²) in [5.74, 6) is -0.160. The van der Waals surface area contributed by atoms with Crippen molar-refractivity contribution in [1.29, 1.82) is 0 Å². The highest BCUT2D eigenvalue weighted by Crippen LogP contribution is 2.24. The van der Waals surface area contributed by atoms with Gasteiger partial charge in [0.05, 0.1) is 17.1 Å². The Bertz CT molecular complexity index is 583. The Hall–Kier alpha value is -1.96. The molecule has 0 aliphatic carbocycles. The zero-order valence-electron chi connectivity index (χ0n) is 9.50. The Morgan fingerprint density at radius 2 is 2.33 bits per heavy atom. The maximum atomic E-state index is 11.8. The Morgan fingerprint density at radius 1 is 1.56 bits per heavy atom. The summed E-state index contributed by atoms with van der Waals surface area (Å²) >= 11 is 3.24. The molecule has 2 N–H and O–H groups in total. The fourth-order valence-electron chi connectivity index (χ4n) is 1.30. The van der Waals surface area contributed by atoms with E-state index in [-0.39, 0.29) is 6.61 Å². The van der Waals surface area contributed by atoms with E-state index in [2.05, 4.69) is 31.3 Å². The lowest BCUT2D eigenvalue weighted by molar-refractivity contribution is 0.0461. The molecule has 0 saturated heterocycles. The molecule has 0 fully saturated rings. The molecule has 0 aliphatic heterocycles. The molecule has 0 unspecified atom stereocenters. The molecule has 2 aromatic rings. The molecule has 0 saturated carbocycles. The van der Waals surface area contributed by atoms with Crippen LogP contribution in [0.5, 0.6) is 0 Å². The van der Waals surface area contributed by atoms with Gasteiger partial charge < -0.3 is 10.5 Å². The highest BCUT2D eigenvalue weighted by Gasteiger charge is 2.14. The van der Waals surface area contributed by atoms with Crippen molar-refractivity contribution in [2.75, 3.05) is 5.73 Å². The third kappa shape index (κ3) is 2.65. The summed E-state index contributed by atoms with van der Waals surface area (Å²) < 4.78 is 5.58. The summed E-state index contributed by atoms with van der Waals surface area (Å²) in [6.07, 6.45) is 0. The maximum absolute atomic E-state index is 11.8. The smallest absolute Gasteiger partial charge is 0.339 e. The number of halogens is 1. The summed E-state index contributed by atoms with van der Waals surface area (Å²) in [6, 6.07) is 4.98. The van der Waals surface area contributed by atoms with E-state index < -0.39 is 5.97 Å². The van der Waals surface area contributed by atoms with Crippen molar-refractivity contribution in [3.8, 4) is 0 Å². The van der Waals surface area contributed by atoms with Crippen LogP contribution < -0.4 is 5.73 Å². The minimum absolute atomic E-state index is 0.0338. The first-order chi connectivity index (χ1) is 8.58. The molecular weight excluding hydrogens is 302 g/mol. The maximum Gasteiger partial charge on any atom is 0.339 e. The molecule has 1 heterocycles. The van der Waals surface area contributed by atoms with Gasteiger partial charge in [-0.3, -0.25) is 0 Å². The predicted octanol–water partition coefficient (Wildman–Crippen LogP) is 0.912. The Morgan fingerprint density at radius 3 is 3.00 bits per heavy atom. The van der Waals surface area contributed by atoms with E-state index in [1.165, 1.54) is 4.80 Å². The molecule has 94 valence electrons. The minimum atomic E-state index is -0.498. The molecule has 8 heteroatoms. The topological polar surface area (TPSA) is 95.9 Å². The van der Waals surface area contributed by atoms with Crippen molar-refractivity contribution >= 4 is 27.6 Å². The molecular formula is C10H10BrN5O2. The molecule has 1 aromatic heterocycles. The van der Waals surface area contributed by atoms with Gasteiger partial charge in [-0.05, 0) is 33.3 Å². The second-order valence-corrected chi connectivity index (χ2v) is 4.27. The number of aryl methyl sites for hydroxylation is 1. The first-order valence-electron chi connectivity index (χ1n) is 5.02. The highest BCUT2D eigenvalue weighted by molar-refractivity contribution is 9.10. The van der Waals surface area contributed by atoms with Gasteiger partial charge in [0.2, 0.25) is 5.82 Å². The molecule has 2 rings (SSSR count). The van der Waals surface area contributed by atoms with Crippen LogP contribution in [0.3, 0.4) is 0 Å². The molecule has 7 nitrogen and oxygen atoms in total. The van der Waals surface area contributed by atoms with E-state index in [0.717, 1.165) is 0 Å². The number of benzene rings is 1. The number of nitrogens with zero attached hydrogens (tertiary/aromatic N) is 4. The van der Waals surface area contributed by atoms with Crippen LogP contribution in [0.15, 0.2) is 22.7 Å². The van der Waals surface area contributed by atoms with Crippen molar-refractivity contribution in [1.82, 2.24) is 20.2 Å². The van der Waals surface area contributed by atoms with Crippen LogP contribution in [0.1, 0.15) is 16.2 Å². The van der Waals surface area contributed by atoms with E-state index in [4.69, 9.17) is 10.5 Å². The van der Waals surface area contributed by atoms with Crippen LogP contribution in [0, 0.1) is 0 Å². The third-order valence-electron chi connectivity index (χ3n) is 2.13. The van der Waals surface area contributed by atoms with Crippen LogP contribution in [0.25, 0.3) is 0 Å². The number of carbonyl (C=O) groups excluding carboxylic acids is 1. The monoisotopic (exact) mass is 311 g/mol.